The van der Waals surface area contributed by atoms with Crippen LogP contribution in [0.4, 0.5) is 27.6 Å². The molecule has 0 bridgehead atoms. The van der Waals surface area contributed by atoms with Crippen molar-refractivity contribution in [3.05, 3.63) is 59.7 Å². The van der Waals surface area contributed by atoms with Gasteiger partial charge >= 0.3 is 12.8 Å². The summed E-state index contributed by atoms with van der Waals surface area (Å²) in [5, 5.41) is 6.05. The van der Waals surface area contributed by atoms with E-state index in [0.717, 1.165) is 6.07 Å². The Balaban J connectivity index is 1.94. The molecule has 0 saturated heterocycles. The summed E-state index contributed by atoms with van der Waals surface area (Å²) in [5.74, 6) is -0.00828. The van der Waals surface area contributed by atoms with Crippen LogP contribution in [0.25, 0.3) is 0 Å². The van der Waals surface area contributed by atoms with E-state index >= 15 is 0 Å². The number of hydrogen-bond acceptors (Lipinski definition) is 3. The van der Waals surface area contributed by atoms with Crippen LogP contribution in [-0.4, -0.2) is 17.9 Å². The first-order valence-electron chi connectivity index (χ1n) is 7.07. The number of anilines is 1. The van der Waals surface area contributed by atoms with Crippen LogP contribution < -0.4 is 15.5 Å². The molecule has 2 aromatic carbocycles. The van der Waals surface area contributed by atoms with Gasteiger partial charge in [-0.15, -0.1) is 0 Å². The lowest BCUT2D eigenvalue weighted by atomic mass is 10.2. The van der Waals surface area contributed by atoms with Crippen LogP contribution in [0.2, 0.25) is 0 Å². The minimum atomic E-state index is -4.52. The van der Waals surface area contributed by atoms with Gasteiger partial charge in [0.05, 0.1) is 17.5 Å². The zero-order chi connectivity index (χ0) is 19.2. The fraction of sp³-hybridized carbons (Fsp3) is 0.125. The summed E-state index contributed by atoms with van der Waals surface area (Å²) in [4.78, 5) is 0. The molecule has 0 aliphatic carbocycles. The van der Waals surface area contributed by atoms with E-state index in [0.29, 0.717) is 5.56 Å². The quantitative estimate of drug-likeness (QED) is 0.339. The van der Waals surface area contributed by atoms with Crippen molar-refractivity contribution in [3.63, 3.8) is 0 Å². The average Bonchev–Trinajstić information content (AvgIpc) is 2.55. The third-order valence-corrected chi connectivity index (χ3v) is 3.16. The van der Waals surface area contributed by atoms with Crippen molar-refractivity contribution in [1.29, 1.82) is 0 Å². The van der Waals surface area contributed by atoms with Crippen molar-refractivity contribution in [2.24, 2.45) is 5.10 Å². The molecular weight excluding hydrogens is 377 g/mol. The molecule has 0 amide bonds. The molecule has 0 spiro atoms. The Morgan fingerprint density at radius 2 is 1.73 bits per heavy atom. The lowest BCUT2D eigenvalue weighted by molar-refractivity contribution is -0.136. The number of rotatable bonds is 5. The van der Waals surface area contributed by atoms with Gasteiger partial charge in [0.2, 0.25) is 0 Å². The van der Waals surface area contributed by atoms with Gasteiger partial charge in [-0.2, -0.15) is 27.1 Å². The molecule has 0 heterocycles. The fourth-order valence-electron chi connectivity index (χ4n) is 1.89. The molecule has 0 saturated carbocycles. The lowest BCUT2D eigenvalue weighted by Gasteiger charge is -2.14. The highest BCUT2D eigenvalue weighted by molar-refractivity contribution is 7.80. The molecule has 0 aromatic heterocycles. The Morgan fingerprint density at radius 1 is 1.08 bits per heavy atom. The Morgan fingerprint density at radius 3 is 2.35 bits per heavy atom. The molecule has 2 rings (SSSR count). The average molecular weight is 389 g/mol. The molecule has 0 aliphatic heterocycles. The van der Waals surface area contributed by atoms with Crippen LogP contribution in [0.3, 0.4) is 0 Å². The zero-order valence-corrected chi connectivity index (χ0v) is 13.7. The zero-order valence-electron chi connectivity index (χ0n) is 12.9. The fourth-order valence-corrected chi connectivity index (χ4v) is 2.05. The Labute approximate surface area is 150 Å². The minimum absolute atomic E-state index is 0.00828. The second kappa shape index (κ2) is 8.56. The second-order valence-corrected chi connectivity index (χ2v) is 5.22. The summed E-state index contributed by atoms with van der Waals surface area (Å²) in [6, 6.07) is 10.5. The predicted octanol–water partition coefficient (Wildman–Crippen LogP) is 4.63. The lowest BCUT2D eigenvalue weighted by Crippen LogP contribution is -2.25. The van der Waals surface area contributed by atoms with Gasteiger partial charge in [0, 0.05) is 0 Å². The number of thiocarbonyl (C=S) groups is 1. The predicted molar refractivity (Wildman–Crippen MR) is 91.5 cm³/mol. The number of halogens is 5. The number of hydrogen-bond donors (Lipinski definition) is 2. The van der Waals surface area contributed by atoms with Gasteiger partial charge in [0.1, 0.15) is 5.75 Å². The maximum atomic E-state index is 12.9. The van der Waals surface area contributed by atoms with Crippen LogP contribution in [0, 0.1) is 0 Å². The first kappa shape index (κ1) is 19.6. The minimum Gasteiger partial charge on any atom is -0.435 e. The normalized spacial score (nSPS) is 11.6. The summed E-state index contributed by atoms with van der Waals surface area (Å²) in [6.07, 6.45) is -3.21. The summed E-state index contributed by atoms with van der Waals surface area (Å²) in [7, 11) is 0. The summed E-state index contributed by atoms with van der Waals surface area (Å²) in [6.45, 7) is -2.92. The molecular formula is C16H12F5N3OS. The topological polar surface area (TPSA) is 45.6 Å². The van der Waals surface area contributed by atoms with Gasteiger partial charge in [-0.3, -0.25) is 5.43 Å². The van der Waals surface area contributed by atoms with E-state index in [2.05, 4.69) is 20.6 Å². The van der Waals surface area contributed by atoms with Gasteiger partial charge in [-0.25, -0.2) is 0 Å². The second-order valence-electron chi connectivity index (χ2n) is 4.82. The van der Waals surface area contributed by atoms with E-state index in [-0.39, 0.29) is 16.5 Å². The van der Waals surface area contributed by atoms with Crippen molar-refractivity contribution < 1.29 is 26.7 Å². The number of alkyl halides is 5. The number of nitrogens with one attached hydrogen (secondary N) is 2. The van der Waals surface area contributed by atoms with E-state index < -0.39 is 18.4 Å². The highest BCUT2D eigenvalue weighted by atomic mass is 32.1. The van der Waals surface area contributed by atoms with E-state index in [9.17, 15) is 22.0 Å². The molecule has 0 aliphatic rings. The van der Waals surface area contributed by atoms with Crippen LogP contribution in [0.5, 0.6) is 5.75 Å². The summed E-state index contributed by atoms with van der Waals surface area (Å²) >= 11 is 4.90. The Bertz CT molecular complexity index is 778. The Hall–Kier alpha value is -2.75. The van der Waals surface area contributed by atoms with E-state index in [1.165, 1.54) is 48.7 Å². The highest BCUT2D eigenvalue weighted by Gasteiger charge is 2.33. The monoisotopic (exact) mass is 389 g/mol. The van der Waals surface area contributed by atoms with Crippen molar-refractivity contribution in [2.45, 2.75) is 12.8 Å². The first-order valence-corrected chi connectivity index (χ1v) is 7.47. The number of benzene rings is 2. The number of hydrazone groups is 1. The van der Waals surface area contributed by atoms with Gasteiger partial charge in [0.15, 0.2) is 5.11 Å². The SMILES string of the molecule is FC(F)Oc1ccc(/C=N/NC(=S)Nc2ccccc2C(F)(F)F)cc1. The van der Waals surface area contributed by atoms with Gasteiger partial charge in [0.25, 0.3) is 0 Å². The summed E-state index contributed by atoms with van der Waals surface area (Å²) < 4.78 is 67.0. The van der Waals surface area contributed by atoms with Crippen LogP contribution in [0.1, 0.15) is 11.1 Å². The smallest absolute Gasteiger partial charge is 0.418 e. The molecule has 0 fully saturated rings. The first-order chi connectivity index (χ1) is 12.3. The van der Waals surface area contributed by atoms with E-state index in [1.807, 2.05) is 0 Å². The molecule has 2 aromatic rings. The van der Waals surface area contributed by atoms with E-state index in [4.69, 9.17) is 12.2 Å². The number of ether oxygens (including phenoxy) is 1. The van der Waals surface area contributed by atoms with Gasteiger partial charge < -0.3 is 10.1 Å². The number of nitrogens with zero attached hydrogens (tertiary/aromatic N) is 1. The van der Waals surface area contributed by atoms with Gasteiger partial charge in [-0.1, -0.05) is 12.1 Å². The summed E-state index contributed by atoms with van der Waals surface area (Å²) in [5.41, 5.74) is 1.85. The van der Waals surface area contributed by atoms with Crippen LogP contribution >= 0.6 is 12.2 Å². The number of para-hydroxylation sites is 1. The molecule has 0 radical (unpaired) electrons. The van der Waals surface area contributed by atoms with Crippen LogP contribution in [-0.2, 0) is 6.18 Å². The molecule has 138 valence electrons. The highest BCUT2D eigenvalue weighted by Crippen LogP contribution is 2.34. The molecule has 10 heteroatoms. The van der Waals surface area contributed by atoms with Crippen molar-refractivity contribution in [2.75, 3.05) is 5.32 Å². The van der Waals surface area contributed by atoms with Crippen LogP contribution in [0.15, 0.2) is 53.6 Å². The van der Waals surface area contributed by atoms with E-state index in [1.54, 1.807) is 0 Å². The largest absolute Gasteiger partial charge is 0.435 e. The molecule has 26 heavy (non-hydrogen) atoms. The maximum Gasteiger partial charge on any atom is 0.418 e. The molecule has 0 unspecified atom stereocenters. The van der Waals surface area contributed by atoms with Crippen molar-refractivity contribution in [3.8, 4) is 5.75 Å². The van der Waals surface area contributed by atoms with Gasteiger partial charge in [-0.05, 0) is 54.2 Å². The third kappa shape index (κ3) is 5.96. The molecule has 4 nitrogen and oxygen atoms in total. The van der Waals surface area contributed by atoms with Crippen molar-refractivity contribution >= 4 is 29.2 Å². The molecule has 0 atom stereocenters. The van der Waals surface area contributed by atoms with Crippen molar-refractivity contribution in [1.82, 2.24) is 5.43 Å². The molecule has 2 N–H and O–H groups in total. The third-order valence-electron chi connectivity index (χ3n) is 2.97. The standard InChI is InChI=1S/C16H12F5N3OS/c17-14(18)25-11-7-5-10(6-8-11)9-22-24-15(26)23-13-4-2-1-3-12(13)16(19,20)21/h1-9,14H,(H2,23,24,26)/b22-9+. The maximum absolute atomic E-state index is 12.9. The Kier molecular flexibility index (Phi) is 6.45.